The van der Waals surface area contributed by atoms with Crippen molar-refractivity contribution in [1.82, 2.24) is 10.1 Å². The molecule has 0 saturated carbocycles. The molecule has 1 saturated heterocycles. The topological polar surface area (TPSA) is 71.7 Å². The van der Waals surface area contributed by atoms with Crippen LogP contribution in [0, 0.1) is 0 Å². The molecule has 2 heterocycles. The maximum absolute atomic E-state index is 12.5. The van der Waals surface area contributed by atoms with Crippen molar-refractivity contribution in [3.63, 3.8) is 0 Å². The Kier molecular flexibility index (Phi) is 4.73. The summed E-state index contributed by atoms with van der Waals surface area (Å²) in [5, 5.41) is 4.10. The molecule has 1 aliphatic rings. The standard InChI is InChI=1S/C21H22N4O3/c1-24(2)16-6-4-14(5-7-16)20-22-21(28-23-20)15-12-19(26)25(13-15)17-8-10-18(27-3)11-9-17/h4-11,15H,12-13H2,1-3H3/t15-/m0/s1. The van der Waals surface area contributed by atoms with Gasteiger partial charge in [0.1, 0.15) is 5.75 Å². The molecule has 0 bridgehead atoms. The summed E-state index contributed by atoms with van der Waals surface area (Å²) >= 11 is 0. The molecule has 28 heavy (non-hydrogen) atoms. The average molecular weight is 378 g/mol. The molecule has 7 nitrogen and oxygen atoms in total. The van der Waals surface area contributed by atoms with E-state index >= 15 is 0 Å². The van der Waals surface area contributed by atoms with Gasteiger partial charge in [-0.05, 0) is 48.5 Å². The molecule has 2 aromatic carbocycles. The Morgan fingerprint density at radius 1 is 1.11 bits per heavy atom. The molecular formula is C21H22N4O3. The zero-order chi connectivity index (χ0) is 19.7. The van der Waals surface area contributed by atoms with Gasteiger partial charge in [-0.3, -0.25) is 4.79 Å². The van der Waals surface area contributed by atoms with E-state index in [-0.39, 0.29) is 11.8 Å². The molecule has 1 fully saturated rings. The highest BCUT2D eigenvalue weighted by Crippen LogP contribution is 2.32. The average Bonchev–Trinajstić information content (AvgIpc) is 3.35. The van der Waals surface area contributed by atoms with Crippen molar-refractivity contribution in [2.24, 2.45) is 0 Å². The monoisotopic (exact) mass is 378 g/mol. The third-order valence-corrected chi connectivity index (χ3v) is 4.94. The van der Waals surface area contributed by atoms with Crippen molar-refractivity contribution in [2.45, 2.75) is 12.3 Å². The summed E-state index contributed by atoms with van der Waals surface area (Å²) in [4.78, 5) is 20.8. The van der Waals surface area contributed by atoms with Crippen LogP contribution in [0.1, 0.15) is 18.2 Å². The maximum Gasteiger partial charge on any atom is 0.232 e. The number of carbonyl (C=O) groups is 1. The first-order valence-corrected chi connectivity index (χ1v) is 9.11. The molecule has 4 rings (SSSR count). The van der Waals surface area contributed by atoms with Gasteiger partial charge in [-0.2, -0.15) is 4.98 Å². The van der Waals surface area contributed by atoms with Crippen LogP contribution >= 0.6 is 0 Å². The van der Waals surface area contributed by atoms with Crippen LogP contribution in [-0.2, 0) is 4.79 Å². The van der Waals surface area contributed by atoms with Crippen molar-refractivity contribution in [3.8, 4) is 17.1 Å². The van der Waals surface area contributed by atoms with Crippen molar-refractivity contribution in [2.75, 3.05) is 37.5 Å². The SMILES string of the molecule is COc1ccc(N2C[C@@H](c3nc(-c4ccc(N(C)C)cc4)no3)CC2=O)cc1. The maximum atomic E-state index is 12.5. The summed E-state index contributed by atoms with van der Waals surface area (Å²) in [6.07, 6.45) is 0.354. The largest absolute Gasteiger partial charge is 0.497 e. The molecule has 1 atom stereocenters. The van der Waals surface area contributed by atoms with E-state index in [0.29, 0.717) is 24.7 Å². The molecule has 1 amide bonds. The predicted octanol–water partition coefficient (Wildman–Crippen LogP) is 3.33. The lowest BCUT2D eigenvalue weighted by molar-refractivity contribution is -0.117. The van der Waals surface area contributed by atoms with Crippen LogP contribution in [-0.4, -0.2) is 43.8 Å². The van der Waals surface area contributed by atoms with Gasteiger partial charge in [-0.25, -0.2) is 0 Å². The Hall–Kier alpha value is -3.35. The summed E-state index contributed by atoms with van der Waals surface area (Å²) in [5.74, 6) is 1.72. The van der Waals surface area contributed by atoms with Gasteiger partial charge in [0.05, 0.1) is 13.0 Å². The Labute approximate surface area is 163 Å². The first-order valence-electron chi connectivity index (χ1n) is 9.11. The van der Waals surface area contributed by atoms with Crippen molar-refractivity contribution in [1.29, 1.82) is 0 Å². The molecule has 1 aliphatic heterocycles. The highest BCUT2D eigenvalue weighted by atomic mass is 16.5. The summed E-state index contributed by atoms with van der Waals surface area (Å²) in [7, 11) is 5.60. The number of benzene rings is 2. The molecule has 144 valence electrons. The number of hydrogen-bond acceptors (Lipinski definition) is 6. The molecule has 0 N–H and O–H groups in total. The van der Waals surface area contributed by atoms with E-state index in [4.69, 9.17) is 9.26 Å². The lowest BCUT2D eigenvalue weighted by Gasteiger charge is -2.16. The molecule has 0 aliphatic carbocycles. The first-order chi connectivity index (χ1) is 13.5. The normalized spacial score (nSPS) is 16.5. The number of carbonyl (C=O) groups excluding carboxylic acids is 1. The molecule has 0 spiro atoms. The minimum Gasteiger partial charge on any atom is -0.497 e. The van der Waals surface area contributed by atoms with E-state index < -0.39 is 0 Å². The zero-order valence-electron chi connectivity index (χ0n) is 16.1. The Balaban J connectivity index is 1.50. The van der Waals surface area contributed by atoms with Crippen LogP contribution in [0.15, 0.2) is 53.1 Å². The summed E-state index contributed by atoms with van der Waals surface area (Å²) < 4.78 is 10.7. The van der Waals surface area contributed by atoms with Gasteiger partial charge in [0, 0.05) is 44.0 Å². The number of methoxy groups -OCH3 is 1. The van der Waals surface area contributed by atoms with Crippen LogP contribution in [0.3, 0.4) is 0 Å². The highest BCUT2D eigenvalue weighted by Gasteiger charge is 2.35. The highest BCUT2D eigenvalue weighted by molar-refractivity contribution is 5.96. The van der Waals surface area contributed by atoms with Crippen molar-refractivity contribution < 1.29 is 14.1 Å². The smallest absolute Gasteiger partial charge is 0.232 e. The fourth-order valence-corrected chi connectivity index (χ4v) is 3.31. The first kappa shape index (κ1) is 18.0. The van der Waals surface area contributed by atoms with Crippen LogP contribution in [0.25, 0.3) is 11.4 Å². The third-order valence-electron chi connectivity index (χ3n) is 4.94. The van der Waals surface area contributed by atoms with E-state index in [1.807, 2.05) is 67.5 Å². The van der Waals surface area contributed by atoms with Gasteiger partial charge in [0.15, 0.2) is 0 Å². The zero-order valence-corrected chi connectivity index (χ0v) is 16.1. The van der Waals surface area contributed by atoms with Crippen LogP contribution in [0.5, 0.6) is 5.75 Å². The number of nitrogens with zero attached hydrogens (tertiary/aromatic N) is 4. The molecular weight excluding hydrogens is 356 g/mol. The predicted molar refractivity (Wildman–Crippen MR) is 107 cm³/mol. The summed E-state index contributed by atoms with van der Waals surface area (Å²) in [5.41, 5.74) is 2.83. The second kappa shape index (κ2) is 7.34. The van der Waals surface area contributed by atoms with Crippen LogP contribution in [0.4, 0.5) is 11.4 Å². The molecule has 1 aromatic heterocycles. The number of aromatic nitrogens is 2. The van der Waals surface area contributed by atoms with Gasteiger partial charge in [0.25, 0.3) is 0 Å². The lowest BCUT2D eigenvalue weighted by atomic mass is 10.1. The molecule has 3 aromatic rings. The Morgan fingerprint density at radius 2 is 1.82 bits per heavy atom. The van der Waals surface area contributed by atoms with E-state index in [0.717, 1.165) is 22.7 Å². The quantitative estimate of drug-likeness (QED) is 0.678. The van der Waals surface area contributed by atoms with Gasteiger partial charge < -0.3 is 19.1 Å². The third kappa shape index (κ3) is 3.43. The fraction of sp³-hybridized carbons (Fsp3) is 0.286. The number of rotatable bonds is 5. The number of anilines is 2. The van der Waals surface area contributed by atoms with Crippen LogP contribution in [0.2, 0.25) is 0 Å². The molecule has 0 unspecified atom stereocenters. The Bertz CT molecular complexity index is 964. The van der Waals surface area contributed by atoms with E-state index in [1.54, 1.807) is 12.0 Å². The van der Waals surface area contributed by atoms with Gasteiger partial charge in [0.2, 0.25) is 17.6 Å². The second-order valence-corrected chi connectivity index (χ2v) is 7.00. The molecule has 0 radical (unpaired) electrons. The number of hydrogen-bond donors (Lipinski definition) is 0. The van der Waals surface area contributed by atoms with Gasteiger partial charge in [-0.1, -0.05) is 5.16 Å². The van der Waals surface area contributed by atoms with Crippen molar-refractivity contribution >= 4 is 17.3 Å². The van der Waals surface area contributed by atoms with E-state index in [1.165, 1.54) is 0 Å². The summed E-state index contributed by atoms with van der Waals surface area (Å²) in [6, 6.07) is 15.4. The minimum atomic E-state index is -0.114. The van der Waals surface area contributed by atoms with Crippen LogP contribution < -0.4 is 14.5 Å². The van der Waals surface area contributed by atoms with E-state index in [2.05, 4.69) is 10.1 Å². The Morgan fingerprint density at radius 3 is 2.46 bits per heavy atom. The minimum absolute atomic E-state index is 0.0465. The van der Waals surface area contributed by atoms with Gasteiger partial charge in [-0.15, -0.1) is 0 Å². The van der Waals surface area contributed by atoms with E-state index in [9.17, 15) is 4.79 Å². The number of amides is 1. The van der Waals surface area contributed by atoms with Gasteiger partial charge >= 0.3 is 0 Å². The number of ether oxygens (including phenoxy) is 1. The molecule has 7 heteroatoms. The second-order valence-electron chi connectivity index (χ2n) is 7.00. The van der Waals surface area contributed by atoms with Crippen molar-refractivity contribution in [3.05, 3.63) is 54.4 Å². The summed E-state index contributed by atoms with van der Waals surface area (Å²) in [6.45, 7) is 0.520. The lowest BCUT2D eigenvalue weighted by Crippen LogP contribution is -2.24. The fourth-order valence-electron chi connectivity index (χ4n) is 3.31.